The summed E-state index contributed by atoms with van der Waals surface area (Å²) < 4.78 is 5.23. The third-order valence-electron chi connectivity index (χ3n) is 6.05. The lowest BCUT2D eigenvalue weighted by Crippen LogP contribution is -2.55. The molecule has 160 valence electrons. The summed E-state index contributed by atoms with van der Waals surface area (Å²) in [6.07, 6.45) is 1.88. The molecule has 2 aromatic carbocycles. The van der Waals surface area contributed by atoms with E-state index < -0.39 is 0 Å². The van der Waals surface area contributed by atoms with Crippen LogP contribution in [0, 0.1) is 0 Å². The van der Waals surface area contributed by atoms with Gasteiger partial charge in [-0.2, -0.15) is 0 Å². The average molecular weight is 411 g/mol. The highest BCUT2D eigenvalue weighted by atomic mass is 16.5. The fourth-order valence-corrected chi connectivity index (χ4v) is 4.22. The van der Waals surface area contributed by atoms with Gasteiger partial charge in [-0.25, -0.2) is 4.79 Å². The zero-order valence-electron chi connectivity index (χ0n) is 17.5. The fourth-order valence-electron chi connectivity index (χ4n) is 4.22. The summed E-state index contributed by atoms with van der Waals surface area (Å²) in [6, 6.07) is 15.7. The number of hydrogen-bond acceptors (Lipinski definition) is 5. The van der Waals surface area contributed by atoms with Crippen LogP contribution in [0.25, 0.3) is 0 Å². The maximum atomic E-state index is 12.7. The minimum absolute atomic E-state index is 0.0230. The number of aromatic hydroxyl groups is 1. The van der Waals surface area contributed by atoms with E-state index >= 15 is 0 Å². The summed E-state index contributed by atoms with van der Waals surface area (Å²) in [5.74, 6) is 1.16. The first-order valence-electron chi connectivity index (χ1n) is 10.6. The van der Waals surface area contributed by atoms with Gasteiger partial charge in [0.25, 0.3) is 0 Å². The van der Waals surface area contributed by atoms with Crippen molar-refractivity contribution in [1.29, 1.82) is 0 Å². The molecule has 0 radical (unpaired) electrons. The Hall–Kier alpha value is -3.09. The van der Waals surface area contributed by atoms with Crippen LogP contribution in [0.3, 0.4) is 0 Å². The van der Waals surface area contributed by atoms with Crippen LogP contribution < -0.4 is 19.9 Å². The zero-order chi connectivity index (χ0) is 20.9. The number of hydrogen-bond donors (Lipinski definition) is 2. The Labute approximate surface area is 177 Å². The standard InChI is InChI=1S/C23H30N4O3/c1-30-20-8-6-19(7-9-20)25-12-10-18(11-13-25)24-23(29)27-16-14-26(15-17-27)21-4-2-3-5-22(21)28/h2-9,18,28H,10-17H2,1H3,(H,24,29). The first-order chi connectivity index (χ1) is 14.6. The highest BCUT2D eigenvalue weighted by Crippen LogP contribution is 2.27. The second-order valence-electron chi connectivity index (χ2n) is 7.87. The van der Waals surface area contributed by atoms with Gasteiger partial charge in [0.15, 0.2) is 0 Å². The minimum Gasteiger partial charge on any atom is -0.506 e. The second-order valence-corrected chi connectivity index (χ2v) is 7.87. The molecule has 2 aliphatic rings. The van der Waals surface area contributed by atoms with Crippen molar-refractivity contribution in [3.05, 3.63) is 48.5 Å². The third-order valence-corrected chi connectivity index (χ3v) is 6.05. The normalized spacial score (nSPS) is 17.7. The van der Waals surface area contributed by atoms with Crippen molar-refractivity contribution < 1.29 is 14.6 Å². The van der Waals surface area contributed by atoms with Crippen LogP contribution in [-0.4, -0.2) is 68.5 Å². The quantitative estimate of drug-likeness (QED) is 0.811. The lowest BCUT2D eigenvalue weighted by atomic mass is 10.0. The van der Waals surface area contributed by atoms with Gasteiger partial charge in [0.2, 0.25) is 0 Å². The number of para-hydroxylation sites is 2. The lowest BCUT2D eigenvalue weighted by molar-refractivity contribution is 0.188. The molecule has 0 aliphatic carbocycles. The number of phenolic OH excluding ortho intramolecular Hbond substituents is 1. The first-order valence-corrected chi connectivity index (χ1v) is 10.6. The Morgan fingerprint density at radius 3 is 2.23 bits per heavy atom. The molecule has 4 rings (SSSR count). The molecule has 2 aliphatic heterocycles. The van der Waals surface area contributed by atoms with Crippen molar-refractivity contribution in [2.75, 3.05) is 56.2 Å². The van der Waals surface area contributed by atoms with E-state index in [2.05, 4.69) is 27.2 Å². The molecule has 0 bridgehead atoms. The van der Waals surface area contributed by atoms with Gasteiger partial charge < -0.3 is 29.9 Å². The second kappa shape index (κ2) is 9.15. The summed E-state index contributed by atoms with van der Waals surface area (Å²) in [4.78, 5) is 19.1. The lowest BCUT2D eigenvalue weighted by Gasteiger charge is -2.38. The largest absolute Gasteiger partial charge is 0.506 e. The highest BCUT2D eigenvalue weighted by Gasteiger charge is 2.26. The monoisotopic (exact) mass is 410 g/mol. The van der Waals surface area contributed by atoms with Crippen LogP contribution in [0.1, 0.15) is 12.8 Å². The number of nitrogens with one attached hydrogen (secondary N) is 1. The van der Waals surface area contributed by atoms with Gasteiger partial charge in [0.05, 0.1) is 12.8 Å². The van der Waals surface area contributed by atoms with Crippen molar-refractivity contribution in [3.8, 4) is 11.5 Å². The SMILES string of the molecule is COc1ccc(N2CCC(NC(=O)N3CCN(c4ccccc4O)CC3)CC2)cc1. The van der Waals surface area contributed by atoms with E-state index in [0.717, 1.165) is 50.5 Å². The van der Waals surface area contributed by atoms with Crippen molar-refractivity contribution in [3.63, 3.8) is 0 Å². The topological polar surface area (TPSA) is 68.3 Å². The number of carbonyl (C=O) groups is 1. The average Bonchev–Trinajstić information content (AvgIpc) is 2.80. The molecule has 7 nitrogen and oxygen atoms in total. The van der Waals surface area contributed by atoms with E-state index in [-0.39, 0.29) is 12.1 Å². The molecule has 2 fully saturated rings. The number of phenols is 1. The maximum absolute atomic E-state index is 12.7. The molecular weight excluding hydrogens is 380 g/mol. The van der Waals surface area contributed by atoms with Gasteiger partial charge in [-0.1, -0.05) is 12.1 Å². The van der Waals surface area contributed by atoms with Crippen molar-refractivity contribution in [1.82, 2.24) is 10.2 Å². The number of methoxy groups -OCH3 is 1. The molecule has 2 saturated heterocycles. The van der Waals surface area contributed by atoms with Gasteiger partial charge >= 0.3 is 6.03 Å². The van der Waals surface area contributed by atoms with E-state index in [9.17, 15) is 9.90 Å². The Bertz CT molecular complexity index is 842. The van der Waals surface area contributed by atoms with Crippen LogP contribution in [0.5, 0.6) is 11.5 Å². The van der Waals surface area contributed by atoms with Crippen molar-refractivity contribution in [2.24, 2.45) is 0 Å². The van der Waals surface area contributed by atoms with Crippen LogP contribution in [0.2, 0.25) is 0 Å². The molecule has 0 spiro atoms. The smallest absolute Gasteiger partial charge is 0.317 e. The summed E-state index contributed by atoms with van der Waals surface area (Å²) in [5.41, 5.74) is 2.03. The number of anilines is 2. The molecule has 2 heterocycles. The van der Waals surface area contributed by atoms with Crippen LogP contribution in [-0.2, 0) is 0 Å². The number of benzene rings is 2. The predicted octanol–water partition coefficient (Wildman–Crippen LogP) is 2.90. The molecule has 2 amide bonds. The van der Waals surface area contributed by atoms with Gasteiger partial charge in [0, 0.05) is 51.0 Å². The molecule has 0 saturated carbocycles. The minimum atomic E-state index is 0.0230. The van der Waals surface area contributed by atoms with E-state index in [1.807, 2.05) is 35.2 Å². The number of rotatable bonds is 4. The first kappa shape index (κ1) is 20.2. The number of amides is 2. The molecular formula is C23H30N4O3. The number of nitrogens with zero attached hydrogens (tertiary/aromatic N) is 3. The molecule has 2 aromatic rings. The Morgan fingerprint density at radius 1 is 0.933 bits per heavy atom. The number of piperidine rings is 1. The molecule has 7 heteroatoms. The fraction of sp³-hybridized carbons (Fsp3) is 0.435. The molecule has 0 atom stereocenters. The highest BCUT2D eigenvalue weighted by molar-refractivity contribution is 5.75. The van der Waals surface area contributed by atoms with E-state index in [4.69, 9.17) is 4.74 Å². The van der Waals surface area contributed by atoms with Crippen molar-refractivity contribution >= 4 is 17.4 Å². The summed E-state index contributed by atoms with van der Waals surface area (Å²) in [6.45, 7) is 4.62. The van der Waals surface area contributed by atoms with Gasteiger partial charge in [-0.3, -0.25) is 0 Å². The summed E-state index contributed by atoms with van der Waals surface area (Å²) in [7, 11) is 1.68. The molecule has 2 N–H and O–H groups in total. The Kier molecular flexibility index (Phi) is 6.16. The van der Waals surface area contributed by atoms with Crippen LogP contribution in [0.4, 0.5) is 16.2 Å². The number of carbonyl (C=O) groups excluding carboxylic acids is 1. The predicted molar refractivity (Wildman–Crippen MR) is 119 cm³/mol. The third kappa shape index (κ3) is 4.56. The summed E-state index contributed by atoms with van der Waals surface area (Å²) in [5, 5.41) is 13.3. The molecule has 0 aromatic heterocycles. The number of urea groups is 1. The molecule has 0 unspecified atom stereocenters. The zero-order valence-corrected chi connectivity index (χ0v) is 17.5. The van der Waals surface area contributed by atoms with Gasteiger partial charge in [-0.05, 0) is 49.2 Å². The van der Waals surface area contributed by atoms with E-state index in [0.29, 0.717) is 18.8 Å². The summed E-state index contributed by atoms with van der Waals surface area (Å²) >= 11 is 0. The number of piperazine rings is 1. The van der Waals surface area contributed by atoms with Crippen LogP contribution in [0.15, 0.2) is 48.5 Å². The Morgan fingerprint density at radius 2 is 1.60 bits per heavy atom. The number of ether oxygens (including phenoxy) is 1. The van der Waals surface area contributed by atoms with Gasteiger partial charge in [0.1, 0.15) is 11.5 Å². The Balaban J connectivity index is 1.23. The van der Waals surface area contributed by atoms with E-state index in [1.165, 1.54) is 5.69 Å². The maximum Gasteiger partial charge on any atom is 0.317 e. The van der Waals surface area contributed by atoms with Crippen LogP contribution >= 0.6 is 0 Å². The molecule has 30 heavy (non-hydrogen) atoms. The van der Waals surface area contributed by atoms with Crippen molar-refractivity contribution in [2.45, 2.75) is 18.9 Å². The van der Waals surface area contributed by atoms with E-state index in [1.54, 1.807) is 13.2 Å². The van der Waals surface area contributed by atoms with Gasteiger partial charge in [-0.15, -0.1) is 0 Å².